The van der Waals surface area contributed by atoms with Crippen molar-refractivity contribution in [1.29, 1.82) is 0 Å². The molecule has 2 heterocycles. The maximum absolute atomic E-state index is 13.9. The Morgan fingerprint density at radius 3 is 2.41 bits per heavy atom. The van der Waals surface area contributed by atoms with Gasteiger partial charge in [-0.3, -0.25) is 14.4 Å². The van der Waals surface area contributed by atoms with Crippen molar-refractivity contribution in [1.82, 2.24) is 4.98 Å². The van der Waals surface area contributed by atoms with E-state index in [9.17, 15) is 40.7 Å². The molecule has 37 heavy (non-hydrogen) atoms. The van der Waals surface area contributed by atoms with Crippen molar-refractivity contribution < 1.29 is 41.0 Å². The molecule has 1 unspecified atom stereocenters. The van der Waals surface area contributed by atoms with Gasteiger partial charge in [-0.1, -0.05) is 6.07 Å². The number of hydrogen-bond acceptors (Lipinski definition) is 4. The van der Waals surface area contributed by atoms with Crippen LogP contribution in [0.3, 0.4) is 0 Å². The third-order valence-corrected chi connectivity index (χ3v) is 6.13. The number of amides is 1. The van der Waals surface area contributed by atoms with Crippen LogP contribution in [0, 0.1) is 0 Å². The lowest BCUT2D eigenvalue weighted by molar-refractivity contribution is -0.138. The molecule has 1 fully saturated rings. The number of carboxylic acid groups (broad SMARTS) is 1. The topological polar surface area (TPSA) is 102 Å². The number of aromatic amines is 1. The first-order chi connectivity index (χ1) is 17.3. The summed E-state index contributed by atoms with van der Waals surface area (Å²) in [6.07, 6.45) is -8.21. The van der Waals surface area contributed by atoms with Crippen LogP contribution in [0.2, 0.25) is 0 Å². The standard InChI is InChI=1S/C24H19F6N3O4/c25-23(26,27)15-4-1-5-18-20(15)21(36)14(11-31-18)22(37)32-17-7-6-13(9-16(17)24(28,29)30)33-8-2-3-12(33)10-19(34)35/h1,4-7,9,11-12H,2-3,8,10H2,(H,31,36)(H,32,37)(H,34,35). The number of nitrogens with zero attached hydrogens (tertiary/aromatic N) is 1. The van der Waals surface area contributed by atoms with Crippen LogP contribution in [0.1, 0.15) is 40.7 Å². The number of rotatable bonds is 5. The van der Waals surface area contributed by atoms with Gasteiger partial charge in [-0.05, 0) is 43.2 Å². The summed E-state index contributed by atoms with van der Waals surface area (Å²) in [6.45, 7) is 0.342. The Morgan fingerprint density at radius 2 is 1.76 bits per heavy atom. The molecule has 13 heteroatoms. The van der Waals surface area contributed by atoms with E-state index in [1.165, 1.54) is 12.1 Å². The second-order valence-corrected chi connectivity index (χ2v) is 8.53. The van der Waals surface area contributed by atoms with Crippen molar-refractivity contribution >= 4 is 34.2 Å². The zero-order chi connectivity index (χ0) is 27.1. The van der Waals surface area contributed by atoms with E-state index in [2.05, 4.69) is 4.98 Å². The lowest BCUT2D eigenvalue weighted by Gasteiger charge is -2.27. The summed E-state index contributed by atoms with van der Waals surface area (Å²) in [5.74, 6) is -2.42. The fraction of sp³-hybridized carbons (Fsp3) is 0.292. The van der Waals surface area contributed by atoms with Crippen molar-refractivity contribution in [2.45, 2.75) is 37.7 Å². The fourth-order valence-corrected chi connectivity index (χ4v) is 4.51. The zero-order valence-electron chi connectivity index (χ0n) is 18.8. The number of nitrogens with one attached hydrogen (secondary N) is 2. The van der Waals surface area contributed by atoms with Crippen molar-refractivity contribution in [3.8, 4) is 0 Å². The van der Waals surface area contributed by atoms with E-state index >= 15 is 0 Å². The quantitative estimate of drug-likeness (QED) is 0.393. The number of benzene rings is 2. The first-order valence-corrected chi connectivity index (χ1v) is 11.0. The highest BCUT2D eigenvalue weighted by Gasteiger charge is 2.37. The molecule has 0 spiro atoms. The van der Waals surface area contributed by atoms with E-state index in [0.29, 0.717) is 25.5 Å². The molecular weight excluding hydrogens is 508 g/mol. The van der Waals surface area contributed by atoms with Crippen LogP contribution in [-0.4, -0.2) is 34.6 Å². The average molecular weight is 527 g/mol. The second kappa shape index (κ2) is 9.45. The maximum Gasteiger partial charge on any atom is 0.418 e. The molecule has 1 saturated heterocycles. The zero-order valence-corrected chi connectivity index (χ0v) is 18.8. The second-order valence-electron chi connectivity index (χ2n) is 8.53. The smallest absolute Gasteiger partial charge is 0.418 e. The number of alkyl halides is 6. The van der Waals surface area contributed by atoms with Crippen LogP contribution in [-0.2, 0) is 17.1 Å². The monoisotopic (exact) mass is 527 g/mol. The molecule has 3 N–H and O–H groups in total. The van der Waals surface area contributed by atoms with Crippen molar-refractivity contribution in [2.24, 2.45) is 0 Å². The molecule has 4 rings (SSSR count). The highest BCUT2D eigenvalue weighted by molar-refractivity contribution is 6.06. The molecule has 1 aromatic heterocycles. The van der Waals surface area contributed by atoms with Crippen molar-refractivity contribution in [2.75, 3.05) is 16.8 Å². The van der Waals surface area contributed by atoms with Gasteiger partial charge in [0.25, 0.3) is 5.91 Å². The maximum atomic E-state index is 13.9. The van der Waals surface area contributed by atoms with E-state index in [1.807, 2.05) is 5.32 Å². The predicted molar refractivity (Wildman–Crippen MR) is 122 cm³/mol. The number of fused-ring (bicyclic) bond motifs is 1. The molecule has 2 aromatic carbocycles. The molecule has 7 nitrogen and oxygen atoms in total. The summed E-state index contributed by atoms with van der Waals surface area (Å²) < 4.78 is 81.9. The van der Waals surface area contributed by atoms with Gasteiger partial charge in [0.15, 0.2) is 0 Å². The molecule has 1 aliphatic heterocycles. The number of H-pyrrole nitrogens is 1. The molecule has 0 aliphatic carbocycles. The average Bonchev–Trinajstić information content (AvgIpc) is 3.25. The number of aromatic nitrogens is 1. The van der Waals surface area contributed by atoms with Crippen LogP contribution >= 0.6 is 0 Å². The van der Waals surface area contributed by atoms with Crippen LogP contribution in [0.4, 0.5) is 37.7 Å². The minimum Gasteiger partial charge on any atom is -0.481 e. The van der Waals surface area contributed by atoms with E-state index in [0.717, 1.165) is 24.4 Å². The first kappa shape index (κ1) is 26.0. The van der Waals surface area contributed by atoms with E-state index in [1.54, 1.807) is 4.90 Å². The number of halogens is 6. The largest absolute Gasteiger partial charge is 0.481 e. The molecule has 0 bridgehead atoms. The summed E-state index contributed by atoms with van der Waals surface area (Å²) >= 11 is 0. The fourth-order valence-electron chi connectivity index (χ4n) is 4.51. The third-order valence-electron chi connectivity index (χ3n) is 6.13. The Labute approximate surface area is 204 Å². The van der Waals surface area contributed by atoms with Gasteiger partial charge >= 0.3 is 18.3 Å². The van der Waals surface area contributed by atoms with Gasteiger partial charge in [-0.15, -0.1) is 0 Å². The van der Waals surface area contributed by atoms with E-state index < -0.39 is 63.5 Å². The Kier molecular flexibility index (Phi) is 6.65. The van der Waals surface area contributed by atoms with Gasteiger partial charge < -0.3 is 20.3 Å². The molecule has 0 saturated carbocycles. The number of aliphatic carboxylic acids is 1. The van der Waals surface area contributed by atoms with Crippen molar-refractivity contribution in [3.05, 3.63) is 69.5 Å². The minimum absolute atomic E-state index is 0.104. The number of carbonyl (C=O) groups excluding carboxylic acids is 1. The van der Waals surface area contributed by atoms with Gasteiger partial charge in [-0.2, -0.15) is 26.3 Å². The van der Waals surface area contributed by atoms with Crippen LogP contribution in [0.15, 0.2) is 47.4 Å². The highest BCUT2D eigenvalue weighted by Crippen LogP contribution is 2.39. The van der Waals surface area contributed by atoms with Crippen LogP contribution < -0.4 is 15.6 Å². The van der Waals surface area contributed by atoms with Crippen LogP contribution in [0.5, 0.6) is 0 Å². The summed E-state index contributed by atoms with van der Waals surface area (Å²) in [5.41, 5.74) is -5.44. The Hall–Kier alpha value is -4.03. The van der Waals surface area contributed by atoms with Gasteiger partial charge in [0.2, 0.25) is 5.43 Å². The van der Waals surface area contributed by atoms with Gasteiger partial charge in [0, 0.05) is 30.0 Å². The van der Waals surface area contributed by atoms with E-state index in [-0.39, 0.29) is 17.6 Å². The number of carboxylic acids is 1. The molecule has 1 atom stereocenters. The summed E-state index contributed by atoms with van der Waals surface area (Å²) in [6, 6.07) is 5.43. The minimum atomic E-state index is -4.94. The lowest BCUT2D eigenvalue weighted by Crippen LogP contribution is -2.31. The van der Waals surface area contributed by atoms with Gasteiger partial charge in [-0.25, -0.2) is 0 Å². The number of carbonyl (C=O) groups is 2. The molecule has 1 aliphatic rings. The lowest BCUT2D eigenvalue weighted by atomic mass is 10.0. The first-order valence-electron chi connectivity index (χ1n) is 11.0. The Balaban J connectivity index is 1.71. The van der Waals surface area contributed by atoms with Gasteiger partial charge in [0.1, 0.15) is 5.56 Å². The molecule has 1 amide bonds. The predicted octanol–water partition coefficient (Wildman–Crippen LogP) is 5.26. The van der Waals surface area contributed by atoms with Crippen molar-refractivity contribution in [3.63, 3.8) is 0 Å². The molecular formula is C24H19F6N3O4. The van der Waals surface area contributed by atoms with Crippen LogP contribution in [0.25, 0.3) is 10.9 Å². The number of pyridine rings is 1. The summed E-state index contributed by atoms with van der Waals surface area (Å²) in [4.78, 5) is 40.6. The number of anilines is 2. The summed E-state index contributed by atoms with van der Waals surface area (Å²) in [7, 11) is 0. The summed E-state index contributed by atoms with van der Waals surface area (Å²) in [5, 5.41) is 10.3. The normalized spacial score (nSPS) is 16.3. The third kappa shape index (κ3) is 5.25. The molecule has 196 valence electrons. The Morgan fingerprint density at radius 1 is 1.05 bits per heavy atom. The van der Waals surface area contributed by atoms with E-state index in [4.69, 9.17) is 5.11 Å². The van der Waals surface area contributed by atoms with Gasteiger partial charge in [0.05, 0.1) is 28.6 Å². The SMILES string of the molecule is O=C(O)CC1CCCN1c1ccc(NC(=O)c2c[nH]c3cccc(C(F)(F)F)c3c2=O)c(C(F)(F)F)c1. The molecule has 0 radical (unpaired) electrons. The Bertz CT molecular complexity index is 1430. The highest BCUT2D eigenvalue weighted by atomic mass is 19.4. The molecule has 3 aromatic rings. The number of hydrogen-bond donors (Lipinski definition) is 3.